The number of anilines is 2. The van der Waals surface area contributed by atoms with Gasteiger partial charge in [0.25, 0.3) is 10.0 Å². The van der Waals surface area contributed by atoms with Gasteiger partial charge in [0.15, 0.2) is 0 Å². The van der Waals surface area contributed by atoms with E-state index < -0.39 is 10.0 Å². The van der Waals surface area contributed by atoms with Gasteiger partial charge >= 0.3 is 0 Å². The second kappa shape index (κ2) is 8.53. The van der Waals surface area contributed by atoms with Crippen molar-refractivity contribution in [3.05, 3.63) is 65.5 Å². The summed E-state index contributed by atoms with van der Waals surface area (Å²) in [5.41, 5.74) is 4.06. The third kappa shape index (κ3) is 3.87. The molecule has 1 aliphatic heterocycles. The summed E-state index contributed by atoms with van der Waals surface area (Å²) in [4.78, 5) is 19.9. The lowest BCUT2D eigenvalue weighted by atomic mass is 10.0. The molecular formula is C25H28N6O3S. The number of H-pyrrole nitrogens is 1. The quantitative estimate of drug-likeness (QED) is 0.442. The summed E-state index contributed by atoms with van der Waals surface area (Å²) >= 11 is 0. The Bertz CT molecular complexity index is 1500. The summed E-state index contributed by atoms with van der Waals surface area (Å²) in [6.07, 6.45) is 0. The van der Waals surface area contributed by atoms with Crippen molar-refractivity contribution in [3.8, 4) is 0 Å². The Hall–Kier alpha value is -3.66. The number of para-hydroxylation sites is 2. The van der Waals surface area contributed by atoms with E-state index in [0.717, 1.165) is 16.6 Å². The number of aromatic nitrogens is 4. The zero-order valence-corrected chi connectivity index (χ0v) is 21.0. The van der Waals surface area contributed by atoms with Crippen molar-refractivity contribution in [3.63, 3.8) is 0 Å². The first-order valence-electron chi connectivity index (χ1n) is 11.6. The highest BCUT2D eigenvalue weighted by Gasteiger charge is 2.35. The SMILES string of the molecule is Cc1n[nH]c(C)c1S(=O)(=O)N(CC(=O)N1CCn2c1nc1ccccc12)c1ccc(C(C)C)cc1. The predicted octanol–water partition coefficient (Wildman–Crippen LogP) is 3.74. The maximum absolute atomic E-state index is 13.9. The van der Waals surface area contributed by atoms with Crippen molar-refractivity contribution >= 4 is 38.6 Å². The second-order valence-corrected chi connectivity index (χ2v) is 10.9. The minimum absolute atomic E-state index is 0.0897. The third-order valence-corrected chi connectivity index (χ3v) is 8.50. The van der Waals surface area contributed by atoms with Crippen LogP contribution in [0.3, 0.4) is 0 Å². The standard InChI is InChI=1S/C25H28N6O3S/c1-16(2)19-9-11-20(12-10-19)31(35(33,34)24-17(3)27-28-18(24)4)15-23(32)30-14-13-29-22-8-6-5-7-21(22)26-25(29)30/h5-12,16H,13-15H2,1-4H3,(H,27,28). The van der Waals surface area contributed by atoms with E-state index in [1.54, 1.807) is 30.9 Å². The number of nitrogens with zero attached hydrogens (tertiary/aromatic N) is 5. The number of aromatic amines is 1. The van der Waals surface area contributed by atoms with Crippen molar-refractivity contribution in [2.24, 2.45) is 0 Å². The Morgan fingerprint density at radius 2 is 1.80 bits per heavy atom. The van der Waals surface area contributed by atoms with Crippen LogP contribution in [0.25, 0.3) is 11.0 Å². The van der Waals surface area contributed by atoms with E-state index in [1.807, 2.05) is 41.0 Å². The van der Waals surface area contributed by atoms with Crippen LogP contribution in [0.2, 0.25) is 0 Å². The molecule has 5 rings (SSSR count). The molecule has 4 aromatic rings. The fraction of sp³-hybridized carbons (Fsp3) is 0.320. The van der Waals surface area contributed by atoms with Gasteiger partial charge in [0.2, 0.25) is 11.9 Å². The topological polar surface area (TPSA) is 104 Å². The van der Waals surface area contributed by atoms with Gasteiger partial charge in [-0.05, 0) is 49.6 Å². The molecule has 1 amide bonds. The highest BCUT2D eigenvalue weighted by molar-refractivity contribution is 7.93. The molecule has 9 nitrogen and oxygen atoms in total. The molecule has 35 heavy (non-hydrogen) atoms. The molecule has 2 aromatic heterocycles. The van der Waals surface area contributed by atoms with Crippen LogP contribution in [0.1, 0.15) is 36.7 Å². The molecule has 0 fully saturated rings. The summed E-state index contributed by atoms with van der Waals surface area (Å²) in [7, 11) is -4.07. The van der Waals surface area contributed by atoms with Gasteiger partial charge < -0.3 is 4.57 Å². The maximum Gasteiger partial charge on any atom is 0.268 e. The monoisotopic (exact) mass is 492 g/mol. The van der Waals surface area contributed by atoms with Gasteiger partial charge in [0.1, 0.15) is 11.4 Å². The van der Waals surface area contributed by atoms with Gasteiger partial charge in [-0.15, -0.1) is 0 Å². The fourth-order valence-electron chi connectivity index (χ4n) is 4.61. The lowest BCUT2D eigenvalue weighted by Gasteiger charge is -2.26. The number of fused-ring (bicyclic) bond motifs is 3. The van der Waals surface area contributed by atoms with Crippen molar-refractivity contribution in [2.45, 2.75) is 45.1 Å². The number of aryl methyl sites for hydroxylation is 2. The maximum atomic E-state index is 13.9. The number of hydrogen-bond donors (Lipinski definition) is 1. The van der Waals surface area contributed by atoms with Crippen molar-refractivity contribution in [2.75, 3.05) is 22.3 Å². The van der Waals surface area contributed by atoms with E-state index in [2.05, 4.69) is 29.0 Å². The first-order chi connectivity index (χ1) is 16.7. The Labute approximate surface area is 204 Å². The molecule has 0 saturated carbocycles. The van der Waals surface area contributed by atoms with Crippen LogP contribution >= 0.6 is 0 Å². The molecule has 10 heteroatoms. The zero-order valence-electron chi connectivity index (χ0n) is 20.2. The van der Waals surface area contributed by atoms with Crippen LogP contribution < -0.4 is 9.21 Å². The molecule has 0 aliphatic carbocycles. The van der Waals surface area contributed by atoms with E-state index in [0.29, 0.717) is 42.0 Å². The first-order valence-corrected chi connectivity index (χ1v) is 13.0. The largest absolute Gasteiger partial charge is 0.308 e. The molecule has 0 radical (unpaired) electrons. The number of rotatable bonds is 6. The van der Waals surface area contributed by atoms with E-state index in [-0.39, 0.29) is 17.3 Å². The number of nitrogens with one attached hydrogen (secondary N) is 1. The number of benzene rings is 2. The Kier molecular flexibility index (Phi) is 5.63. The summed E-state index contributed by atoms with van der Waals surface area (Å²) < 4.78 is 30.9. The summed E-state index contributed by atoms with van der Waals surface area (Å²) in [5.74, 6) is 0.500. The first kappa shape index (κ1) is 23.1. The molecule has 2 aromatic carbocycles. The lowest BCUT2D eigenvalue weighted by Crippen LogP contribution is -2.43. The van der Waals surface area contributed by atoms with Crippen LogP contribution in [-0.4, -0.2) is 47.2 Å². The Morgan fingerprint density at radius 3 is 2.46 bits per heavy atom. The van der Waals surface area contributed by atoms with E-state index in [9.17, 15) is 13.2 Å². The van der Waals surface area contributed by atoms with Gasteiger partial charge in [0, 0.05) is 13.1 Å². The van der Waals surface area contributed by atoms with Gasteiger partial charge in [0.05, 0.1) is 28.1 Å². The third-order valence-electron chi connectivity index (χ3n) is 6.46. The van der Waals surface area contributed by atoms with Gasteiger partial charge in [-0.25, -0.2) is 13.4 Å². The van der Waals surface area contributed by atoms with Crippen molar-refractivity contribution < 1.29 is 13.2 Å². The number of carbonyl (C=O) groups is 1. The smallest absolute Gasteiger partial charge is 0.268 e. The fourth-order valence-corrected chi connectivity index (χ4v) is 6.36. The Morgan fingerprint density at radius 1 is 1.09 bits per heavy atom. The van der Waals surface area contributed by atoms with Crippen LogP contribution in [0.4, 0.5) is 11.6 Å². The summed E-state index contributed by atoms with van der Waals surface area (Å²) in [5, 5.41) is 6.81. The molecule has 1 aliphatic rings. The minimum Gasteiger partial charge on any atom is -0.308 e. The second-order valence-electron chi connectivity index (χ2n) is 9.12. The van der Waals surface area contributed by atoms with Crippen LogP contribution in [-0.2, 0) is 21.4 Å². The number of hydrogen-bond acceptors (Lipinski definition) is 5. The van der Waals surface area contributed by atoms with Crippen LogP contribution in [0.15, 0.2) is 53.4 Å². The average molecular weight is 493 g/mol. The molecular weight excluding hydrogens is 464 g/mol. The highest BCUT2D eigenvalue weighted by atomic mass is 32.2. The number of amides is 1. The molecule has 0 bridgehead atoms. The van der Waals surface area contributed by atoms with Crippen LogP contribution in [0.5, 0.6) is 0 Å². The van der Waals surface area contributed by atoms with E-state index in [1.165, 1.54) is 4.31 Å². The summed E-state index contributed by atoms with van der Waals surface area (Å²) in [6.45, 7) is 8.15. The van der Waals surface area contributed by atoms with Crippen LogP contribution in [0, 0.1) is 13.8 Å². The normalized spacial score (nSPS) is 13.6. The molecule has 0 atom stereocenters. The lowest BCUT2D eigenvalue weighted by molar-refractivity contribution is -0.117. The zero-order chi connectivity index (χ0) is 24.9. The summed E-state index contributed by atoms with van der Waals surface area (Å²) in [6, 6.07) is 15.0. The van der Waals surface area contributed by atoms with E-state index in [4.69, 9.17) is 0 Å². The number of carbonyl (C=O) groups excluding carboxylic acids is 1. The minimum atomic E-state index is -4.07. The van der Waals surface area contributed by atoms with Crippen molar-refractivity contribution in [1.29, 1.82) is 0 Å². The molecule has 182 valence electrons. The van der Waals surface area contributed by atoms with Crippen molar-refractivity contribution in [1.82, 2.24) is 19.7 Å². The number of sulfonamides is 1. The van der Waals surface area contributed by atoms with E-state index >= 15 is 0 Å². The van der Waals surface area contributed by atoms with Gasteiger partial charge in [-0.2, -0.15) is 5.10 Å². The average Bonchev–Trinajstić information content (AvgIpc) is 3.50. The molecule has 0 unspecified atom stereocenters. The van der Waals surface area contributed by atoms with Gasteiger partial charge in [-0.3, -0.25) is 19.1 Å². The van der Waals surface area contributed by atoms with Gasteiger partial charge in [-0.1, -0.05) is 38.1 Å². The molecule has 1 N–H and O–H groups in total. The predicted molar refractivity (Wildman–Crippen MR) is 135 cm³/mol. The molecule has 0 saturated heterocycles. The Balaban J connectivity index is 1.54. The molecule has 0 spiro atoms. The number of imidazole rings is 1. The molecule has 3 heterocycles. The highest BCUT2D eigenvalue weighted by Crippen LogP contribution is 2.31.